The topological polar surface area (TPSA) is 113 Å². The normalized spacial score (nSPS) is 11.5. The predicted octanol–water partition coefficient (Wildman–Crippen LogP) is 11.4. The van der Waals surface area contributed by atoms with Gasteiger partial charge in [-0.3, -0.25) is 19.1 Å². The van der Waals surface area contributed by atoms with Gasteiger partial charge in [-0.15, -0.1) is 0 Å². The van der Waals surface area contributed by atoms with Crippen molar-refractivity contribution in [1.29, 1.82) is 0 Å². The molecular formula is C52H32N10. The Hall–Kier alpha value is -8.76. The van der Waals surface area contributed by atoms with Crippen molar-refractivity contribution < 1.29 is 0 Å². The van der Waals surface area contributed by atoms with Crippen LogP contribution >= 0.6 is 0 Å². The molecule has 0 aliphatic heterocycles. The molecule has 0 amide bonds. The molecule has 62 heavy (non-hydrogen) atoms. The molecule has 0 unspecified atom stereocenters. The highest BCUT2D eigenvalue weighted by atomic mass is 15.2. The summed E-state index contributed by atoms with van der Waals surface area (Å²) < 4.78 is 4.16. The van der Waals surface area contributed by atoms with Crippen molar-refractivity contribution in [3.63, 3.8) is 0 Å². The van der Waals surface area contributed by atoms with Crippen molar-refractivity contribution in [3.05, 3.63) is 194 Å². The molecule has 0 aliphatic rings. The van der Waals surface area contributed by atoms with Crippen LogP contribution in [0.25, 0.3) is 112 Å². The number of rotatable bonds is 7. The van der Waals surface area contributed by atoms with Gasteiger partial charge >= 0.3 is 0 Å². The van der Waals surface area contributed by atoms with E-state index in [-0.39, 0.29) is 0 Å². The lowest BCUT2D eigenvalue weighted by molar-refractivity contribution is 0.950. The molecule has 0 bridgehead atoms. The van der Waals surface area contributed by atoms with Crippen LogP contribution < -0.4 is 0 Å². The number of benzene rings is 6. The number of nitrogens with zero attached hydrogens (tertiary/aromatic N) is 10. The molecule has 12 rings (SSSR count). The van der Waals surface area contributed by atoms with Crippen molar-refractivity contribution in [2.75, 3.05) is 0 Å². The smallest absolute Gasteiger partial charge is 0.238 e. The Bertz CT molecular complexity index is 3270. The van der Waals surface area contributed by atoms with E-state index in [0.29, 0.717) is 35.2 Å². The largest absolute Gasteiger partial charge is 0.276 e. The Morgan fingerprint density at radius 3 is 0.919 bits per heavy atom. The molecule has 6 heterocycles. The SMILES string of the molecule is c1ccc(-c2nc(-c3ccccc3)nc(-n3c4ccccc4c4cc(-c5cc6c7ccccc7n(-c7nc(-c8ccccc8)nc(-c8ccccc8)n7)c6cn5)ncc43)n2)cc1. The summed E-state index contributed by atoms with van der Waals surface area (Å²) in [4.78, 5) is 40.3. The van der Waals surface area contributed by atoms with Gasteiger partial charge in [0.2, 0.25) is 11.9 Å². The van der Waals surface area contributed by atoms with E-state index in [9.17, 15) is 0 Å². The van der Waals surface area contributed by atoms with Crippen LogP contribution in [0.1, 0.15) is 0 Å². The maximum atomic E-state index is 5.07. The minimum absolute atomic E-state index is 0.509. The third-order valence-electron chi connectivity index (χ3n) is 11.2. The van der Waals surface area contributed by atoms with Gasteiger partial charge in [-0.2, -0.15) is 19.9 Å². The van der Waals surface area contributed by atoms with E-state index >= 15 is 0 Å². The van der Waals surface area contributed by atoms with Crippen LogP contribution in [0.3, 0.4) is 0 Å². The lowest BCUT2D eigenvalue weighted by Crippen LogP contribution is -2.06. The Kier molecular flexibility index (Phi) is 8.24. The van der Waals surface area contributed by atoms with Crippen LogP contribution in [-0.2, 0) is 0 Å². The summed E-state index contributed by atoms with van der Waals surface area (Å²) in [5.74, 6) is 3.38. The summed E-state index contributed by atoms with van der Waals surface area (Å²) in [6, 6.07) is 60.9. The Balaban J connectivity index is 1.02. The lowest BCUT2D eigenvalue weighted by Gasteiger charge is -2.11. The fraction of sp³-hybridized carbons (Fsp3) is 0. The van der Waals surface area contributed by atoms with Crippen LogP contribution in [0, 0.1) is 0 Å². The lowest BCUT2D eigenvalue weighted by atomic mass is 10.1. The molecule has 12 aromatic rings. The second kappa shape index (κ2) is 14.5. The molecule has 0 N–H and O–H groups in total. The highest BCUT2D eigenvalue weighted by Crippen LogP contribution is 2.37. The van der Waals surface area contributed by atoms with Crippen LogP contribution in [0.4, 0.5) is 0 Å². The van der Waals surface area contributed by atoms with Gasteiger partial charge in [0.1, 0.15) is 0 Å². The van der Waals surface area contributed by atoms with Gasteiger partial charge in [-0.05, 0) is 24.3 Å². The summed E-state index contributed by atoms with van der Waals surface area (Å²) in [7, 11) is 0. The van der Waals surface area contributed by atoms with E-state index in [1.807, 2.05) is 146 Å². The fourth-order valence-electron chi connectivity index (χ4n) is 8.24. The third-order valence-corrected chi connectivity index (χ3v) is 11.2. The summed E-state index contributed by atoms with van der Waals surface area (Å²) in [6.45, 7) is 0. The number of hydrogen-bond donors (Lipinski definition) is 0. The first-order chi connectivity index (χ1) is 30.7. The van der Waals surface area contributed by atoms with Gasteiger partial charge in [-0.1, -0.05) is 158 Å². The summed E-state index contributed by atoms with van der Waals surface area (Å²) in [5, 5.41) is 4.10. The first-order valence-electron chi connectivity index (χ1n) is 20.3. The van der Waals surface area contributed by atoms with E-state index < -0.39 is 0 Å². The average molecular weight is 797 g/mol. The van der Waals surface area contributed by atoms with Crippen molar-refractivity contribution in [1.82, 2.24) is 49.0 Å². The molecule has 6 aromatic carbocycles. The van der Waals surface area contributed by atoms with E-state index in [1.165, 1.54) is 0 Å². The van der Waals surface area contributed by atoms with Crippen LogP contribution in [0.15, 0.2) is 194 Å². The second-order valence-electron chi connectivity index (χ2n) is 14.9. The minimum Gasteiger partial charge on any atom is -0.276 e. The molecule has 10 heteroatoms. The zero-order valence-electron chi connectivity index (χ0n) is 32.9. The molecule has 10 nitrogen and oxygen atoms in total. The third kappa shape index (κ3) is 5.97. The van der Waals surface area contributed by atoms with Gasteiger partial charge in [0.15, 0.2) is 23.3 Å². The molecule has 0 saturated carbocycles. The van der Waals surface area contributed by atoms with Gasteiger partial charge in [-0.25, -0.2) is 9.97 Å². The highest BCUT2D eigenvalue weighted by molar-refractivity contribution is 6.11. The fourth-order valence-corrected chi connectivity index (χ4v) is 8.24. The van der Waals surface area contributed by atoms with Crippen LogP contribution in [0.2, 0.25) is 0 Å². The maximum absolute atomic E-state index is 5.07. The zero-order valence-corrected chi connectivity index (χ0v) is 32.9. The molecule has 0 fully saturated rings. The molecule has 6 aromatic heterocycles. The molecule has 0 atom stereocenters. The number of fused-ring (bicyclic) bond motifs is 6. The Morgan fingerprint density at radius 2 is 0.581 bits per heavy atom. The van der Waals surface area contributed by atoms with Gasteiger partial charge < -0.3 is 0 Å². The van der Waals surface area contributed by atoms with Crippen molar-refractivity contribution >= 4 is 43.6 Å². The maximum Gasteiger partial charge on any atom is 0.238 e. The quantitative estimate of drug-likeness (QED) is 0.157. The Labute approximate surface area is 354 Å². The van der Waals surface area contributed by atoms with Crippen LogP contribution in [-0.4, -0.2) is 49.0 Å². The number of aromatic nitrogens is 10. The van der Waals surface area contributed by atoms with E-state index in [4.69, 9.17) is 39.9 Å². The molecule has 290 valence electrons. The van der Waals surface area contributed by atoms with E-state index in [1.54, 1.807) is 0 Å². The van der Waals surface area contributed by atoms with Crippen molar-refractivity contribution in [2.24, 2.45) is 0 Å². The van der Waals surface area contributed by atoms with Crippen molar-refractivity contribution in [2.45, 2.75) is 0 Å². The van der Waals surface area contributed by atoms with E-state index in [2.05, 4.69) is 57.7 Å². The standard InChI is InChI=1S/C52H32N10/c1-5-17-33(18-6-1)47-55-48(34-19-7-2-8-20-34)58-51(57-47)61-43-27-15-13-25-37(43)39-29-41(53-31-45(39)61)42-30-40-38-26-14-16-28-44(38)62(46(40)32-54-42)52-59-49(35-21-9-3-10-22-35)56-50(60-52)36-23-11-4-12-24-36/h1-32H. The number of hydrogen-bond acceptors (Lipinski definition) is 8. The first kappa shape index (κ1) is 35.2. The first-order valence-corrected chi connectivity index (χ1v) is 20.3. The molecular weight excluding hydrogens is 765 g/mol. The predicted molar refractivity (Wildman–Crippen MR) is 245 cm³/mol. The van der Waals surface area contributed by atoms with Gasteiger partial charge in [0.25, 0.3) is 0 Å². The van der Waals surface area contributed by atoms with Gasteiger partial charge in [0.05, 0.1) is 45.8 Å². The van der Waals surface area contributed by atoms with Crippen LogP contribution in [0.5, 0.6) is 0 Å². The summed E-state index contributed by atoms with van der Waals surface area (Å²) in [6.07, 6.45) is 3.80. The monoisotopic (exact) mass is 796 g/mol. The number of pyridine rings is 2. The summed E-state index contributed by atoms with van der Waals surface area (Å²) >= 11 is 0. The number of para-hydroxylation sites is 2. The van der Waals surface area contributed by atoms with E-state index in [0.717, 1.165) is 77.3 Å². The molecule has 0 saturated heterocycles. The van der Waals surface area contributed by atoms with Crippen molar-refractivity contribution in [3.8, 4) is 68.8 Å². The second-order valence-corrected chi connectivity index (χ2v) is 14.9. The average Bonchev–Trinajstić information content (AvgIpc) is 3.87. The summed E-state index contributed by atoms with van der Waals surface area (Å²) in [5.41, 5.74) is 8.75. The van der Waals surface area contributed by atoms with Gasteiger partial charge in [0, 0.05) is 43.8 Å². The highest BCUT2D eigenvalue weighted by Gasteiger charge is 2.21. The minimum atomic E-state index is 0.509. The Morgan fingerprint density at radius 1 is 0.274 bits per heavy atom. The molecule has 0 aliphatic carbocycles. The molecule has 0 spiro atoms. The zero-order chi connectivity index (χ0) is 41.0. The molecule has 0 radical (unpaired) electrons.